The number of hydrogen-bond donors (Lipinski definition) is 2. The van der Waals surface area contributed by atoms with Gasteiger partial charge < -0.3 is 10.2 Å². The molecule has 0 spiro atoms. The van der Waals surface area contributed by atoms with Crippen LogP contribution in [-0.4, -0.2) is 22.3 Å². The molecule has 4 heteroatoms. The molecule has 0 fully saturated rings. The molecule has 22 heavy (non-hydrogen) atoms. The largest absolute Gasteiger partial charge is 1.00 e. The summed E-state index contributed by atoms with van der Waals surface area (Å²) in [6.45, 7) is 2.20. The Labute approximate surface area is 158 Å². The second-order valence-electron chi connectivity index (χ2n) is 5.91. The third kappa shape index (κ3) is 20.2. The van der Waals surface area contributed by atoms with Gasteiger partial charge in [-0.05, 0) is 32.1 Å². The van der Waals surface area contributed by atoms with Gasteiger partial charge in [0.05, 0.1) is 6.10 Å². The minimum atomic E-state index is -0.689. The van der Waals surface area contributed by atoms with E-state index < -0.39 is 5.97 Å². The Morgan fingerprint density at radius 1 is 0.955 bits per heavy atom. The molecule has 0 aromatic rings. The van der Waals surface area contributed by atoms with Crippen molar-refractivity contribution in [1.82, 2.24) is 0 Å². The maximum absolute atomic E-state index is 10.3. The molecule has 0 aliphatic heterocycles. The Morgan fingerprint density at radius 3 is 2.27 bits per heavy atom. The van der Waals surface area contributed by atoms with Gasteiger partial charge in [-0.2, -0.15) is 0 Å². The van der Waals surface area contributed by atoms with Gasteiger partial charge in [-0.3, -0.25) is 4.79 Å². The number of carboxylic acids is 1. The summed E-state index contributed by atoms with van der Waals surface area (Å²) in [5.41, 5.74) is 0. The van der Waals surface area contributed by atoms with E-state index in [2.05, 4.69) is 19.1 Å². The fourth-order valence-electron chi connectivity index (χ4n) is 2.36. The first-order valence-electron chi connectivity index (χ1n) is 8.71. The van der Waals surface area contributed by atoms with Gasteiger partial charge in [0.15, 0.2) is 0 Å². The summed E-state index contributed by atoms with van der Waals surface area (Å²) in [4.78, 5) is 10.3. The van der Waals surface area contributed by atoms with Gasteiger partial charge in [0.2, 0.25) is 0 Å². The Bertz CT molecular complexity index is 267. The van der Waals surface area contributed by atoms with Crippen molar-refractivity contribution < 1.29 is 44.6 Å². The number of hydrogen-bond acceptors (Lipinski definition) is 2. The average molecular weight is 321 g/mol. The number of aliphatic hydroxyl groups is 1. The van der Waals surface area contributed by atoms with E-state index >= 15 is 0 Å². The minimum absolute atomic E-state index is 0. The van der Waals surface area contributed by atoms with Crippen LogP contribution in [0.4, 0.5) is 0 Å². The van der Waals surface area contributed by atoms with Crippen molar-refractivity contribution in [2.75, 3.05) is 0 Å². The fourth-order valence-corrected chi connectivity index (χ4v) is 2.36. The van der Waals surface area contributed by atoms with E-state index in [-0.39, 0.29) is 35.7 Å². The fraction of sp³-hybridized carbons (Fsp3) is 0.833. The zero-order valence-corrected chi connectivity index (χ0v) is 16.7. The van der Waals surface area contributed by atoms with Crippen molar-refractivity contribution in [3.05, 3.63) is 12.2 Å². The molecular formula is C18H34NaO3+. The molecule has 0 heterocycles. The number of carboxylic acid groups (broad SMARTS) is 1. The van der Waals surface area contributed by atoms with Crippen molar-refractivity contribution in [3.8, 4) is 0 Å². The van der Waals surface area contributed by atoms with Crippen LogP contribution in [-0.2, 0) is 4.79 Å². The normalized spacial score (nSPS) is 12.3. The molecule has 0 aliphatic carbocycles. The first-order chi connectivity index (χ1) is 10.2. The molecule has 0 amide bonds. The number of aliphatic hydroxyl groups excluding tert-OH is 1. The summed E-state index contributed by atoms with van der Waals surface area (Å²) >= 11 is 0. The maximum Gasteiger partial charge on any atom is 1.00 e. The third-order valence-corrected chi connectivity index (χ3v) is 3.73. The smallest absolute Gasteiger partial charge is 0.481 e. The second kappa shape index (κ2) is 19.2. The van der Waals surface area contributed by atoms with Crippen LogP contribution >= 0.6 is 0 Å². The molecule has 1 atom stereocenters. The summed E-state index contributed by atoms with van der Waals surface area (Å²) in [6, 6.07) is 0. The van der Waals surface area contributed by atoms with Gasteiger partial charge in [0, 0.05) is 6.42 Å². The Morgan fingerprint density at radius 2 is 1.59 bits per heavy atom. The monoisotopic (exact) mass is 321 g/mol. The van der Waals surface area contributed by atoms with Crippen LogP contribution in [0, 0.1) is 0 Å². The molecule has 3 nitrogen and oxygen atoms in total. The molecule has 0 radical (unpaired) electrons. The van der Waals surface area contributed by atoms with E-state index in [4.69, 9.17) is 5.11 Å². The zero-order chi connectivity index (χ0) is 15.8. The third-order valence-electron chi connectivity index (χ3n) is 3.73. The van der Waals surface area contributed by atoms with Crippen LogP contribution in [0.15, 0.2) is 12.2 Å². The van der Waals surface area contributed by atoms with Crippen LogP contribution in [0.3, 0.4) is 0 Å². The summed E-state index contributed by atoms with van der Waals surface area (Å²) in [6.07, 6.45) is 17.4. The van der Waals surface area contributed by atoms with Crippen molar-refractivity contribution >= 4 is 5.97 Å². The molecule has 1 unspecified atom stereocenters. The summed E-state index contributed by atoms with van der Waals surface area (Å²) < 4.78 is 0. The van der Waals surface area contributed by atoms with Gasteiger partial charge in [-0.15, -0.1) is 0 Å². The molecule has 0 saturated carbocycles. The van der Waals surface area contributed by atoms with Crippen LogP contribution in [0.2, 0.25) is 0 Å². The number of aliphatic carboxylic acids is 1. The predicted octanol–water partition coefficient (Wildman–Crippen LogP) is 2.08. The molecule has 0 aromatic heterocycles. The van der Waals surface area contributed by atoms with E-state index in [1.807, 2.05) is 0 Å². The van der Waals surface area contributed by atoms with E-state index in [9.17, 15) is 9.90 Å². The van der Waals surface area contributed by atoms with Gasteiger partial charge >= 0.3 is 35.5 Å². The SMILES string of the molecule is CCCCCCC(O)CC=CCCCCCCCC(=O)O.[Na+]. The Hall–Kier alpha value is 0.170. The summed E-state index contributed by atoms with van der Waals surface area (Å²) in [7, 11) is 0. The molecule has 124 valence electrons. The van der Waals surface area contributed by atoms with E-state index in [1.54, 1.807) is 0 Å². The number of rotatable bonds is 15. The average Bonchev–Trinajstić information content (AvgIpc) is 2.45. The Kier molecular flexibility index (Phi) is 21.3. The van der Waals surface area contributed by atoms with Crippen LogP contribution in [0.1, 0.15) is 90.4 Å². The van der Waals surface area contributed by atoms with E-state index in [1.165, 1.54) is 25.7 Å². The summed E-state index contributed by atoms with van der Waals surface area (Å²) in [5, 5.41) is 18.3. The first kappa shape index (κ1) is 24.4. The van der Waals surface area contributed by atoms with Crippen molar-refractivity contribution in [2.45, 2.75) is 96.5 Å². The molecule has 0 aliphatic rings. The summed E-state index contributed by atoms with van der Waals surface area (Å²) in [5.74, 6) is -0.689. The predicted molar refractivity (Wildman–Crippen MR) is 88.5 cm³/mol. The van der Waals surface area contributed by atoms with Crippen molar-refractivity contribution in [3.63, 3.8) is 0 Å². The van der Waals surface area contributed by atoms with Gasteiger partial charge in [0.1, 0.15) is 0 Å². The first-order valence-corrected chi connectivity index (χ1v) is 8.71. The Balaban J connectivity index is 0. The van der Waals surface area contributed by atoms with E-state index in [0.717, 1.165) is 51.4 Å². The van der Waals surface area contributed by atoms with Crippen LogP contribution in [0.5, 0.6) is 0 Å². The van der Waals surface area contributed by atoms with Gasteiger partial charge in [0.25, 0.3) is 0 Å². The molecule has 0 bridgehead atoms. The van der Waals surface area contributed by atoms with Gasteiger partial charge in [-0.1, -0.05) is 64.0 Å². The van der Waals surface area contributed by atoms with Gasteiger partial charge in [-0.25, -0.2) is 0 Å². The molecule has 2 N–H and O–H groups in total. The molecular weight excluding hydrogens is 287 g/mol. The number of allylic oxidation sites excluding steroid dienone is 1. The molecule has 0 rings (SSSR count). The second-order valence-corrected chi connectivity index (χ2v) is 5.91. The quantitative estimate of drug-likeness (QED) is 0.276. The van der Waals surface area contributed by atoms with E-state index in [0.29, 0.717) is 6.42 Å². The standard InChI is InChI=1S/C18H34O3.Na/c1-2-3-4-11-14-17(19)15-12-9-7-5-6-8-10-13-16-18(20)21;/h9,12,17,19H,2-8,10-11,13-16H2,1H3,(H,20,21);/q;+1. The minimum Gasteiger partial charge on any atom is -0.481 e. The molecule has 0 saturated heterocycles. The molecule has 0 aromatic carbocycles. The topological polar surface area (TPSA) is 57.5 Å². The van der Waals surface area contributed by atoms with Crippen LogP contribution in [0.25, 0.3) is 0 Å². The maximum atomic E-state index is 10.3. The number of carbonyl (C=O) groups is 1. The van der Waals surface area contributed by atoms with Crippen molar-refractivity contribution in [2.24, 2.45) is 0 Å². The number of unbranched alkanes of at least 4 members (excludes halogenated alkanes) is 8. The van der Waals surface area contributed by atoms with Crippen molar-refractivity contribution in [1.29, 1.82) is 0 Å². The van der Waals surface area contributed by atoms with Crippen LogP contribution < -0.4 is 29.6 Å². The zero-order valence-electron chi connectivity index (χ0n) is 14.7.